The minimum Gasteiger partial charge on any atom is -0.489 e. The molecule has 2 heterocycles. The van der Waals surface area contributed by atoms with Crippen molar-refractivity contribution in [2.24, 2.45) is 12.1 Å². The molecule has 6 nitrogen and oxygen atoms in total. The van der Waals surface area contributed by atoms with Gasteiger partial charge in [0.15, 0.2) is 11.6 Å². The Morgan fingerprint density at radius 3 is 2.64 bits per heavy atom. The van der Waals surface area contributed by atoms with Crippen molar-refractivity contribution in [1.82, 2.24) is 14.7 Å². The molecule has 1 aliphatic heterocycles. The zero-order valence-corrected chi connectivity index (χ0v) is 24.1. The number of fused-ring (bicyclic) bond motifs is 1. The Labute approximate surface area is 232 Å². The number of nitrogens with zero attached hydrogens (tertiary/aromatic N) is 5. The van der Waals surface area contributed by atoms with E-state index in [0.29, 0.717) is 6.61 Å². The average molecular weight is 530 g/mol. The molecule has 0 spiro atoms. The van der Waals surface area contributed by atoms with Gasteiger partial charge in [-0.3, -0.25) is 9.69 Å². The molecule has 0 N–H and O–H groups in total. The van der Waals surface area contributed by atoms with Crippen molar-refractivity contribution in [3.8, 4) is 29.2 Å². The average Bonchev–Trinajstić information content (AvgIpc) is 3.14. The molecule has 1 aliphatic rings. The van der Waals surface area contributed by atoms with Gasteiger partial charge < -0.3 is 9.64 Å². The summed E-state index contributed by atoms with van der Waals surface area (Å²) in [6.45, 7) is 5.27. The van der Waals surface area contributed by atoms with Gasteiger partial charge in [0.25, 0.3) is 0 Å². The van der Waals surface area contributed by atoms with Gasteiger partial charge >= 0.3 is 0 Å². The predicted octanol–water partition coefficient (Wildman–Crippen LogP) is 6.11. The van der Waals surface area contributed by atoms with Crippen LogP contribution in [-0.2, 0) is 13.5 Å². The molecule has 0 bridgehead atoms. The lowest BCUT2D eigenvalue weighted by Crippen LogP contribution is -2.29. The fourth-order valence-corrected chi connectivity index (χ4v) is 5.56. The van der Waals surface area contributed by atoms with Gasteiger partial charge in [0, 0.05) is 56.2 Å². The number of halogens is 1. The standard InChI is InChI=1S/C32H40FN5O/c1-8-9-10-11-13-25(31-22(2)34-37(6)23(31)3)21-39-32-28(14-12-15-29(32)33)24-16-17-30-26(18-24)19-27(20-36(4)5)35-38(30)7/h1,12,14-18,25H,9-11,13,19-21H2,2-7H3. The molecule has 1 aromatic heterocycles. The summed E-state index contributed by atoms with van der Waals surface area (Å²) in [7, 11) is 8.01. The summed E-state index contributed by atoms with van der Waals surface area (Å²) in [5.74, 6) is 2.74. The largest absolute Gasteiger partial charge is 0.489 e. The van der Waals surface area contributed by atoms with Crippen LogP contribution < -0.4 is 9.75 Å². The number of rotatable bonds is 11. The SMILES string of the molecule is C#CCCCCC(COc1c(F)cccc1-c1ccc2c(c1)CC(CN(C)C)=NN2C)c1c(C)nn(C)c1C. The van der Waals surface area contributed by atoms with Crippen molar-refractivity contribution in [2.45, 2.75) is 51.9 Å². The van der Waals surface area contributed by atoms with Crippen molar-refractivity contribution in [2.75, 3.05) is 39.3 Å². The summed E-state index contributed by atoms with van der Waals surface area (Å²) in [6.07, 6.45) is 9.82. The monoisotopic (exact) mass is 529 g/mol. The zero-order valence-electron chi connectivity index (χ0n) is 24.1. The molecule has 7 heteroatoms. The van der Waals surface area contributed by atoms with Gasteiger partial charge in [0.1, 0.15) is 0 Å². The Balaban J connectivity index is 1.62. The molecule has 4 rings (SSSR count). The van der Waals surface area contributed by atoms with Crippen molar-refractivity contribution in [3.05, 3.63) is 64.7 Å². The summed E-state index contributed by atoms with van der Waals surface area (Å²) < 4.78 is 23.6. The first kappa shape index (κ1) is 28.4. The Bertz CT molecular complexity index is 1380. The highest BCUT2D eigenvalue weighted by molar-refractivity contribution is 5.93. The highest BCUT2D eigenvalue weighted by atomic mass is 19.1. The van der Waals surface area contributed by atoms with E-state index in [2.05, 4.69) is 35.0 Å². The summed E-state index contributed by atoms with van der Waals surface area (Å²) >= 11 is 0. The van der Waals surface area contributed by atoms with Crippen LogP contribution in [0.4, 0.5) is 10.1 Å². The van der Waals surface area contributed by atoms with Crippen LogP contribution in [0, 0.1) is 32.0 Å². The van der Waals surface area contributed by atoms with Gasteiger partial charge in [0.2, 0.25) is 0 Å². The number of unbranched alkanes of at least 4 members (excludes halogenated alkanes) is 2. The van der Waals surface area contributed by atoms with E-state index in [4.69, 9.17) is 16.3 Å². The lowest BCUT2D eigenvalue weighted by atomic mass is 9.92. The minimum absolute atomic E-state index is 0.0888. The molecule has 0 radical (unpaired) electrons. The Kier molecular flexibility index (Phi) is 9.08. The first-order chi connectivity index (χ1) is 18.7. The Morgan fingerprint density at radius 2 is 1.95 bits per heavy atom. The van der Waals surface area contributed by atoms with Crippen molar-refractivity contribution in [1.29, 1.82) is 0 Å². The number of hydrazone groups is 1. The highest BCUT2D eigenvalue weighted by Gasteiger charge is 2.23. The molecule has 1 atom stereocenters. The number of aryl methyl sites for hydroxylation is 2. The lowest BCUT2D eigenvalue weighted by Gasteiger charge is -2.26. The maximum Gasteiger partial charge on any atom is 0.165 e. The molecule has 3 aromatic rings. The third-order valence-electron chi connectivity index (χ3n) is 7.42. The van der Waals surface area contributed by atoms with Crippen molar-refractivity contribution >= 4 is 11.4 Å². The van der Waals surface area contributed by atoms with Crippen LogP contribution in [0.2, 0.25) is 0 Å². The third kappa shape index (κ3) is 6.51. The fourth-order valence-electron chi connectivity index (χ4n) is 5.56. The van der Waals surface area contributed by atoms with E-state index >= 15 is 4.39 Å². The second kappa shape index (κ2) is 12.5. The Morgan fingerprint density at radius 1 is 1.15 bits per heavy atom. The summed E-state index contributed by atoms with van der Waals surface area (Å²) in [4.78, 5) is 2.12. The zero-order chi connectivity index (χ0) is 28.1. The second-order valence-corrected chi connectivity index (χ2v) is 10.7. The van der Waals surface area contributed by atoms with Crippen molar-refractivity contribution < 1.29 is 9.13 Å². The normalized spacial score (nSPS) is 13.7. The molecule has 0 aliphatic carbocycles. The fraction of sp³-hybridized carbons (Fsp3) is 0.438. The maximum atomic E-state index is 15.3. The number of para-hydroxylation sites is 1. The van der Waals surface area contributed by atoms with Crippen LogP contribution in [0.3, 0.4) is 0 Å². The van der Waals surface area contributed by atoms with E-state index in [9.17, 15) is 0 Å². The first-order valence-electron chi connectivity index (χ1n) is 13.6. The number of hydrogen-bond acceptors (Lipinski definition) is 5. The van der Waals surface area contributed by atoms with E-state index < -0.39 is 0 Å². The summed E-state index contributed by atoms with van der Waals surface area (Å²) in [5.41, 5.74) is 8.30. The smallest absolute Gasteiger partial charge is 0.165 e. The van der Waals surface area contributed by atoms with E-state index in [1.165, 1.54) is 17.2 Å². The van der Waals surface area contributed by atoms with Gasteiger partial charge in [-0.2, -0.15) is 10.2 Å². The van der Waals surface area contributed by atoms with Gasteiger partial charge in [-0.15, -0.1) is 12.3 Å². The highest BCUT2D eigenvalue weighted by Crippen LogP contribution is 2.37. The first-order valence-corrected chi connectivity index (χ1v) is 13.6. The van der Waals surface area contributed by atoms with Gasteiger partial charge in [-0.25, -0.2) is 4.39 Å². The summed E-state index contributed by atoms with van der Waals surface area (Å²) in [5, 5.41) is 11.3. The molecular weight excluding hydrogens is 489 g/mol. The number of hydrogen-bond donors (Lipinski definition) is 0. The number of benzene rings is 2. The quantitative estimate of drug-likeness (QED) is 0.222. The second-order valence-electron chi connectivity index (χ2n) is 10.7. The molecule has 1 unspecified atom stereocenters. The van der Waals surface area contributed by atoms with E-state index in [1.807, 2.05) is 56.9 Å². The summed E-state index contributed by atoms with van der Waals surface area (Å²) in [6, 6.07) is 11.4. The van der Waals surface area contributed by atoms with Crippen molar-refractivity contribution in [3.63, 3.8) is 0 Å². The van der Waals surface area contributed by atoms with Crippen LogP contribution >= 0.6 is 0 Å². The van der Waals surface area contributed by atoms with Crippen LogP contribution in [0.1, 0.15) is 54.1 Å². The van der Waals surface area contributed by atoms with E-state index in [0.717, 1.165) is 72.6 Å². The number of anilines is 1. The van der Waals surface area contributed by atoms with E-state index in [-0.39, 0.29) is 17.5 Å². The van der Waals surface area contributed by atoms with Gasteiger partial charge in [0.05, 0.1) is 23.7 Å². The van der Waals surface area contributed by atoms with Gasteiger partial charge in [-0.05, 0) is 70.1 Å². The molecule has 39 heavy (non-hydrogen) atoms. The van der Waals surface area contributed by atoms with Crippen LogP contribution in [0.25, 0.3) is 11.1 Å². The molecule has 0 fully saturated rings. The molecule has 2 aromatic carbocycles. The predicted molar refractivity (Wildman–Crippen MR) is 158 cm³/mol. The van der Waals surface area contributed by atoms with Crippen LogP contribution in [0.15, 0.2) is 41.5 Å². The molecule has 0 saturated carbocycles. The van der Waals surface area contributed by atoms with E-state index in [1.54, 1.807) is 6.07 Å². The third-order valence-corrected chi connectivity index (χ3v) is 7.42. The lowest BCUT2D eigenvalue weighted by molar-refractivity contribution is 0.267. The topological polar surface area (TPSA) is 45.9 Å². The molecular formula is C32H40FN5O. The number of aromatic nitrogens is 2. The van der Waals surface area contributed by atoms with Crippen LogP contribution in [0.5, 0.6) is 5.75 Å². The molecule has 0 amide bonds. The Hall–Kier alpha value is -3.63. The number of terminal acetylenes is 1. The molecule has 0 saturated heterocycles. The van der Waals surface area contributed by atoms with Gasteiger partial charge in [-0.1, -0.05) is 24.6 Å². The minimum atomic E-state index is -0.358. The maximum absolute atomic E-state index is 15.3. The van der Waals surface area contributed by atoms with Crippen LogP contribution in [-0.4, -0.2) is 54.7 Å². The number of ether oxygens (including phenoxy) is 1. The molecule has 206 valence electrons.